The van der Waals surface area contributed by atoms with Crippen LogP contribution in [0, 0.1) is 0 Å². The zero-order valence-corrected chi connectivity index (χ0v) is 14.3. The fourth-order valence-electron chi connectivity index (χ4n) is 3.19. The second kappa shape index (κ2) is 6.30. The first kappa shape index (κ1) is 15.2. The highest BCUT2D eigenvalue weighted by Gasteiger charge is 2.34. The molecule has 2 N–H and O–H groups in total. The third-order valence-corrected chi connectivity index (χ3v) is 5.71. The monoisotopic (exact) mass is 336 g/mol. The lowest BCUT2D eigenvalue weighted by Crippen LogP contribution is -2.40. The summed E-state index contributed by atoms with van der Waals surface area (Å²) in [6, 6.07) is 22.4. The van der Waals surface area contributed by atoms with Gasteiger partial charge in [0.25, 0.3) is 0 Å². The molecule has 2 aromatic carbocycles. The van der Waals surface area contributed by atoms with Crippen LogP contribution in [0.25, 0.3) is 0 Å². The molecule has 24 heavy (non-hydrogen) atoms. The Hall–Kier alpha value is -2.30. The number of aliphatic hydroxyl groups is 1. The Kier molecular flexibility index (Phi) is 4.00. The Morgan fingerprint density at radius 2 is 1.75 bits per heavy atom. The van der Waals surface area contributed by atoms with E-state index in [0.29, 0.717) is 0 Å². The minimum absolute atomic E-state index is 0.0809. The summed E-state index contributed by atoms with van der Waals surface area (Å²) in [5, 5.41) is 14.7. The molecule has 0 saturated carbocycles. The molecule has 2 atom stereocenters. The highest BCUT2D eigenvalue weighted by Crippen LogP contribution is 2.43. The number of aryl methyl sites for hydroxylation is 1. The number of rotatable bonds is 3. The van der Waals surface area contributed by atoms with E-state index < -0.39 is 6.23 Å². The predicted molar refractivity (Wildman–Crippen MR) is 100 cm³/mol. The van der Waals surface area contributed by atoms with Gasteiger partial charge in [-0.15, -0.1) is 11.3 Å². The van der Waals surface area contributed by atoms with Gasteiger partial charge in [0.1, 0.15) is 6.17 Å². The van der Waals surface area contributed by atoms with Gasteiger partial charge < -0.3 is 15.3 Å². The molecule has 3 aromatic rings. The number of thiophene rings is 1. The van der Waals surface area contributed by atoms with Gasteiger partial charge in [-0.2, -0.15) is 0 Å². The summed E-state index contributed by atoms with van der Waals surface area (Å²) in [6.07, 6.45) is 0.270. The van der Waals surface area contributed by atoms with Crippen molar-refractivity contribution in [3.63, 3.8) is 0 Å². The number of benzene rings is 2. The van der Waals surface area contributed by atoms with E-state index >= 15 is 0 Å². The number of hydrogen-bond donors (Lipinski definition) is 2. The molecule has 2 heterocycles. The van der Waals surface area contributed by atoms with Crippen LogP contribution in [0.4, 0.5) is 11.4 Å². The summed E-state index contributed by atoms with van der Waals surface area (Å²) in [5.41, 5.74) is 2.90. The summed E-state index contributed by atoms with van der Waals surface area (Å²) >= 11 is 1.80. The van der Waals surface area contributed by atoms with Crippen molar-refractivity contribution in [2.45, 2.75) is 25.7 Å². The number of hydrogen-bond acceptors (Lipinski definition) is 4. The van der Waals surface area contributed by atoms with Crippen LogP contribution in [0.3, 0.4) is 0 Å². The number of nitrogens with one attached hydrogen (secondary N) is 1. The molecule has 4 heteroatoms. The van der Waals surface area contributed by atoms with Gasteiger partial charge in [-0.05, 0) is 36.8 Å². The number of fused-ring (bicyclic) bond motifs is 1. The van der Waals surface area contributed by atoms with Gasteiger partial charge in [0.05, 0.1) is 0 Å². The predicted octanol–water partition coefficient (Wildman–Crippen LogP) is 4.93. The van der Waals surface area contributed by atoms with Crippen LogP contribution >= 0.6 is 11.3 Å². The molecule has 1 aliphatic heterocycles. The molecule has 0 bridgehead atoms. The van der Waals surface area contributed by atoms with Gasteiger partial charge in [-0.1, -0.05) is 43.3 Å². The van der Waals surface area contributed by atoms with Gasteiger partial charge in [0.2, 0.25) is 0 Å². The Labute approximate surface area is 146 Å². The van der Waals surface area contributed by atoms with Crippen LogP contribution in [-0.4, -0.2) is 5.11 Å². The summed E-state index contributed by atoms with van der Waals surface area (Å²) in [4.78, 5) is 4.62. The zero-order chi connectivity index (χ0) is 16.5. The Morgan fingerprint density at radius 1 is 1.00 bits per heavy atom. The van der Waals surface area contributed by atoms with E-state index in [-0.39, 0.29) is 6.17 Å². The number of aliphatic hydroxyl groups excluding tert-OH is 1. The van der Waals surface area contributed by atoms with E-state index in [1.54, 1.807) is 11.3 Å². The lowest BCUT2D eigenvalue weighted by molar-refractivity contribution is 0.159. The summed E-state index contributed by atoms with van der Waals surface area (Å²) in [5.74, 6) is 0. The van der Waals surface area contributed by atoms with Gasteiger partial charge >= 0.3 is 0 Å². The average molecular weight is 336 g/mol. The SMILES string of the molecule is CCc1ccc(C2Nc3ccccc3C(O)N2c2ccccc2)s1. The third-order valence-electron chi connectivity index (χ3n) is 4.43. The van der Waals surface area contributed by atoms with Crippen molar-refractivity contribution in [3.05, 3.63) is 82.0 Å². The Bertz CT molecular complexity index is 830. The molecule has 1 aromatic heterocycles. The number of nitrogens with zero attached hydrogens (tertiary/aromatic N) is 1. The van der Waals surface area contributed by atoms with Gasteiger partial charge in [-0.25, -0.2) is 0 Å². The van der Waals surface area contributed by atoms with Crippen molar-refractivity contribution in [2.24, 2.45) is 0 Å². The largest absolute Gasteiger partial charge is 0.369 e. The van der Waals surface area contributed by atoms with E-state index in [0.717, 1.165) is 23.4 Å². The highest BCUT2D eigenvalue weighted by molar-refractivity contribution is 7.12. The van der Waals surface area contributed by atoms with Crippen molar-refractivity contribution in [1.29, 1.82) is 0 Å². The molecule has 1 aliphatic rings. The van der Waals surface area contributed by atoms with Crippen LogP contribution in [0.5, 0.6) is 0 Å². The van der Waals surface area contributed by atoms with Crippen molar-refractivity contribution in [2.75, 3.05) is 10.2 Å². The molecular formula is C20H20N2OS. The first-order chi connectivity index (χ1) is 11.8. The van der Waals surface area contributed by atoms with Crippen molar-refractivity contribution in [1.82, 2.24) is 0 Å². The molecule has 0 fully saturated rings. The first-order valence-corrected chi connectivity index (χ1v) is 9.05. The molecule has 2 unspecified atom stereocenters. The van der Waals surface area contributed by atoms with Crippen LogP contribution in [-0.2, 0) is 6.42 Å². The second-order valence-corrected chi connectivity index (χ2v) is 7.11. The average Bonchev–Trinajstić information content (AvgIpc) is 3.11. The minimum atomic E-state index is -0.679. The zero-order valence-electron chi connectivity index (χ0n) is 13.5. The van der Waals surface area contributed by atoms with Gasteiger partial charge in [0, 0.05) is 26.7 Å². The van der Waals surface area contributed by atoms with Crippen LogP contribution in [0.1, 0.15) is 34.6 Å². The van der Waals surface area contributed by atoms with Crippen LogP contribution in [0.15, 0.2) is 66.7 Å². The molecule has 0 amide bonds. The lowest BCUT2D eigenvalue weighted by Gasteiger charge is -2.42. The van der Waals surface area contributed by atoms with E-state index in [1.165, 1.54) is 9.75 Å². The van der Waals surface area contributed by atoms with Crippen molar-refractivity contribution >= 4 is 22.7 Å². The lowest BCUT2D eigenvalue weighted by atomic mass is 10.0. The Morgan fingerprint density at radius 3 is 2.50 bits per heavy atom. The summed E-state index contributed by atoms with van der Waals surface area (Å²) < 4.78 is 0. The molecule has 0 spiro atoms. The number of para-hydroxylation sites is 2. The molecule has 0 saturated heterocycles. The van der Waals surface area contributed by atoms with E-state index in [1.807, 2.05) is 59.5 Å². The first-order valence-electron chi connectivity index (χ1n) is 8.23. The van der Waals surface area contributed by atoms with E-state index in [9.17, 15) is 5.11 Å². The maximum Gasteiger partial charge on any atom is 0.157 e. The van der Waals surface area contributed by atoms with Gasteiger partial charge in [-0.3, -0.25) is 0 Å². The second-order valence-electron chi connectivity index (χ2n) is 5.91. The summed E-state index contributed by atoms with van der Waals surface area (Å²) in [7, 11) is 0. The standard InChI is InChI=1S/C20H20N2OS/c1-2-15-12-13-18(24-15)19-21-17-11-7-6-10-16(17)20(23)22(19)14-8-4-3-5-9-14/h3-13,19-21,23H,2H2,1H3. The smallest absolute Gasteiger partial charge is 0.157 e. The summed E-state index contributed by atoms with van der Waals surface area (Å²) in [6.45, 7) is 2.17. The molecule has 4 rings (SSSR count). The minimum Gasteiger partial charge on any atom is -0.369 e. The molecular weight excluding hydrogens is 316 g/mol. The third kappa shape index (κ3) is 2.58. The van der Waals surface area contributed by atoms with Crippen molar-refractivity contribution < 1.29 is 5.11 Å². The fraction of sp³-hybridized carbons (Fsp3) is 0.200. The molecule has 122 valence electrons. The fourth-order valence-corrected chi connectivity index (χ4v) is 4.19. The quantitative estimate of drug-likeness (QED) is 0.712. The van der Waals surface area contributed by atoms with Gasteiger partial charge in [0.15, 0.2) is 6.23 Å². The molecule has 0 radical (unpaired) electrons. The highest BCUT2D eigenvalue weighted by atomic mass is 32.1. The molecule has 3 nitrogen and oxygen atoms in total. The number of anilines is 2. The Balaban J connectivity index is 1.82. The maximum absolute atomic E-state index is 11.1. The van der Waals surface area contributed by atoms with Crippen molar-refractivity contribution in [3.8, 4) is 0 Å². The molecule has 0 aliphatic carbocycles. The van der Waals surface area contributed by atoms with Crippen LogP contribution < -0.4 is 10.2 Å². The van der Waals surface area contributed by atoms with E-state index in [4.69, 9.17) is 0 Å². The topological polar surface area (TPSA) is 35.5 Å². The van der Waals surface area contributed by atoms with Crippen LogP contribution in [0.2, 0.25) is 0 Å². The van der Waals surface area contributed by atoms with E-state index in [2.05, 4.69) is 24.4 Å². The normalized spacial score (nSPS) is 19.7. The maximum atomic E-state index is 11.1.